The van der Waals surface area contributed by atoms with Gasteiger partial charge in [-0.15, -0.1) is 0 Å². The van der Waals surface area contributed by atoms with Crippen molar-refractivity contribution >= 4 is 38.6 Å². The first kappa shape index (κ1) is 18.0. The molecule has 0 aliphatic carbocycles. The Bertz CT molecular complexity index is 902. The van der Waals surface area contributed by atoms with Gasteiger partial charge < -0.3 is 13.8 Å². The number of anilines is 1. The van der Waals surface area contributed by atoms with Gasteiger partial charge in [0.25, 0.3) is 0 Å². The molecular weight excluding hydrogens is 389 g/mol. The highest BCUT2D eigenvalue weighted by molar-refractivity contribution is 7.88. The van der Waals surface area contributed by atoms with E-state index in [2.05, 4.69) is 19.4 Å². The van der Waals surface area contributed by atoms with Crippen LogP contribution in [-0.4, -0.2) is 54.9 Å². The van der Waals surface area contributed by atoms with Gasteiger partial charge in [-0.2, -0.15) is 26.7 Å². The number of alkyl halides is 3. The van der Waals surface area contributed by atoms with E-state index in [1.54, 1.807) is 4.90 Å². The second kappa shape index (κ2) is 6.18. The largest absolute Gasteiger partial charge is 0.534 e. The van der Waals surface area contributed by atoms with Crippen LogP contribution >= 0.6 is 11.6 Å². The summed E-state index contributed by atoms with van der Waals surface area (Å²) in [6, 6.07) is 0.960. The molecule has 1 aliphatic heterocycles. The molecule has 0 aromatic carbocycles. The quantitative estimate of drug-likeness (QED) is 0.622. The lowest BCUT2D eigenvalue weighted by atomic mass is 10.2. The Morgan fingerprint density at radius 3 is 2.80 bits per heavy atom. The van der Waals surface area contributed by atoms with E-state index in [9.17, 15) is 21.6 Å². The van der Waals surface area contributed by atoms with Crippen molar-refractivity contribution in [2.45, 2.75) is 18.5 Å². The van der Waals surface area contributed by atoms with E-state index in [0.717, 1.165) is 6.07 Å². The highest BCUT2D eigenvalue weighted by Crippen LogP contribution is 2.35. The van der Waals surface area contributed by atoms with Gasteiger partial charge in [-0.1, -0.05) is 11.6 Å². The number of pyridine rings is 1. The summed E-state index contributed by atoms with van der Waals surface area (Å²) in [4.78, 5) is 6.00. The summed E-state index contributed by atoms with van der Waals surface area (Å²) in [7, 11) is -5.86. The first-order chi connectivity index (χ1) is 11.6. The summed E-state index contributed by atoms with van der Waals surface area (Å²) < 4.78 is 70.2. The smallest absolute Gasteiger partial charge is 0.377 e. The Morgan fingerprint density at radius 2 is 2.16 bits per heavy atom. The number of hydrogen-bond acceptors (Lipinski definition) is 7. The summed E-state index contributed by atoms with van der Waals surface area (Å²) in [5.41, 5.74) is -5.79. The highest BCUT2D eigenvalue weighted by atomic mass is 35.5. The van der Waals surface area contributed by atoms with Crippen LogP contribution in [0, 0.1) is 0 Å². The SMILES string of the molecule is CC1COCCN1c1cc(OS(=O)(=O)C(F)(F)F)c2n[nH]c(Cl)c2n1. The van der Waals surface area contributed by atoms with Crippen LogP contribution in [0.2, 0.25) is 5.15 Å². The molecule has 138 valence electrons. The molecule has 0 spiro atoms. The molecule has 1 atom stereocenters. The number of halogens is 4. The summed E-state index contributed by atoms with van der Waals surface area (Å²) in [5.74, 6) is -0.404. The van der Waals surface area contributed by atoms with Gasteiger partial charge in [-0.25, -0.2) is 4.98 Å². The molecule has 8 nitrogen and oxygen atoms in total. The van der Waals surface area contributed by atoms with E-state index in [4.69, 9.17) is 16.3 Å². The molecule has 1 aliphatic rings. The topological polar surface area (TPSA) is 97.4 Å². The van der Waals surface area contributed by atoms with Crippen LogP contribution in [0.3, 0.4) is 0 Å². The number of hydrogen-bond donors (Lipinski definition) is 1. The molecule has 1 unspecified atom stereocenters. The number of ether oxygens (including phenoxy) is 1. The van der Waals surface area contributed by atoms with Crippen molar-refractivity contribution in [3.05, 3.63) is 11.2 Å². The maximum absolute atomic E-state index is 12.6. The molecule has 0 bridgehead atoms. The van der Waals surface area contributed by atoms with Crippen LogP contribution in [0.5, 0.6) is 5.75 Å². The lowest BCUT2D eigenvalue weighted by Gasteiger charge is -2.34. The molecule has 0 saturated carbocycles. The third kappa shape index (κ3) is 3.33. The maximum Gasteiger partial charge on any atom is 0.534 e. The van der Waals surface area contributed by atoms with Crippen LogP contribution in [-0.2, 0) is 14.9 Å². The minimum Gasteiger partial charge on any atom is -0.377 e. The number of rotatable bonds is 3. The minimum atomic E-state index is -5.86. The van der Waals surface area contributed by atoms with E-state index >= 15 is 0 Å². The Kier molecular flexibility index (Phi) is 4.45. The fourth-order valence-corrected chi connectivity index (χ4v) is 3.00. The van der Waals surface area contributed by atoms with Gasteiger partial charge >= 0.3 is 15.6 Å². The van der Waals surface area contributed by atoms with Crippen LogP contribution in [0.15, 0.2) is 6.07 Å². The van der Waals surface area contributed by atoms with E-state index in [1.165, 1.54) is 0 Å². The van der Waals surface area contributed by atoms with Crippen molar-refractivity contribution in [1.29, 1.82) is 0 Å². The average molecular weight is 401 g/mol. The lowest BCUT2D eigenvalue weighted by molar-refractivity contribution is -0.0499. The van der Waals surface area contributed by atoms with Gasteiger partial charge in [0.1, 0.15) is 11.3 Å². The third-order valence-electron chi connectivity index (χ3n) is 3.56. The zero-order valence-electron chi connectivity index (χ0n) is 12.7. The number of aromatic nitrogens is 3. The Hall–Kier alpha value is -1.79. The molecule has 0 radical (unpaired) electrons. The average Bonchev–Trinajstić information content (AvgIpc) is 2.88. The standard InChI is InChI=1S/C12H12ClF3N4O4S/c1-6-5-23-3-2-20(6)8-4-7(24-25(21,22)12(14,15)16)9-10(17-8)11(13)19-18-9/h4,6H,2-3,5H2,1H3,(H,18,19). The number of fused-ring (bicyclic) bond motifs is 1. The monoisotopic (exact) mass is 400 g/mol. The van der Waals surface area contributed by atoms with E-state index in [1.807, 2.05) is 6.92 Å². The fraction of sp³-hybridized carbons (Fsp3) is 0.500. The summed E-state index contributed by atoms with van der Waals surface area (Å²) in [6.45, 7) is 3.02. The summed E-state index contributed by atoms with van der Waals surface area (Å²) in [5, 5.41) is 5.96. The van der Waals surface area contributed by atoms with Crippen LogP contribution in [0.25, 0.3) is 11.0 Å². The van der Waals surface area contributed by atoms with Gasteiger partial charge in [0.2, 0.25) is 0 Å². The van der Waals surface area contributed by atoms with Crippen LogP contribution in [0.4, 0.5) is 19.0 Å². The zero-order valence-corrected chi connectivity index (χ0v) is 14.2. The number of H-pyrrole nitrogens is 1. The molecule has 1 N–H and O–H groups in total. The molecule has 3 rings (SSSR count). The van der Waals surface area contributed by atoms with Crippen molar-refractivity contribution in [2.75, 3.05) is 24.7 Å². The van der Waals surface area contributed by atoms with Crippen molar-refractivity contribution in [2.24, 2.45) is 0 Å². The molecule has 1 saturated heterocycles. The number of nitrogens with one attached hydrogen (secondary N) is 1. The first-order valence-corrected chi connectivity index (χ1v) is 8.78. The fourth-order valence-electron chi connectivity index (χ4n) is 2.36. The van der Waals surface area contributed by atoms with Gasteiger partial charge in [0.05, 0.1) is 19.3 Å². The molecule has 0 amide bonds. The summed E-state index contributed by atoms with van der Waals surface area (Å²) in [6.07, 6.45) is 0. The minimum absolute atomic E-state index is 0.00485. The van der Waals surface area contributed by atoms with E-state index in [-0.39, 0.29) is 28.0 Å². The van der Waals surface area contributed by atoms with Gasteiger partial charge in [0.15, 0.2) is 16.4 Å². The lowest BCUT2D eigenvalue weighted by Crippen LogP contribution is -2.44. The van der Waals surface area contributed by atoms with Crippen molar-refractivity contribution in [1.82, 2.24) is 15.2 Å². The van der Waals surface area contributed by atoms with Crippen LogP contribution < -0.4 is 9.08 Å². The van der Waals surface area contributed by atoms with Crippen molar-refractivity contribution in [3.8, 4) is 5.75 Å². The molecule has 25 heavy (non-hydrogen) atoms. The zero-order chi connectivity index (χ0) is 18.4. The molecule has 2 aromatic heterocycles. The van der Waals surface area contributed by atoms with Crippen molar-refractivity contribution in [3.63, 3.8) is 0 Å². The predicted molar refractivity (Wildman–Crippen MR) is 82.1 cm³/mol. The molecule has 3 heterocycles. The van der Waals surface area contributed by atoms with E-state index in [0.29, 0.717) is 19.8 Å². The van der Waals surface area contributed by atoms with Crippen molar-refractivity contribution < 1.29 is 30.5 Å². The molecule has 2 aromatic rings. The number of morpholine rings is 1. The Labute approximate surface area is 145 Å². The highest BCUT2D eigenvalue weighted by Gasteiger charge is 2.49. The number of nitrogens with zero attached hydrogens (tertiary/aromatic N) is 3. The Balaban J connectivity index is 2.11. The molecule has 13 heteroatoms. The van der Waals surface area contributed by atoms with Gasteiger partial charge in [-0.05, 0) is 6.92 Å². The van der Waals surface area contributed by atoms with E-state index < -0.39 is 21.4 Å². The second-order valence-corrected chi connectivity index (χ2v) is 7.23. The molecular formula is C12H12ClF3N4O4S. The van der Waals surface area contributed by atoms with Crippen LogP contribution in [0.1, 0.15) is 6.92 Å². The first-order valence-electron chi connectivity index (χ1n) is 7.00. The van der Waals surface area contributed by atoms with Gasteiger partial charge in [0, 0.05) is 12.6 Å². The Morgan fingerprint density at radius 1 is 1.44 bits per heavy atom. The normalized spacial score (nSPS) is 19.4. The number of aromatic amines is 1. The summed E-state index contributed by atoms with van der Waals surface area (Å²) >= 11 is 5.90. The second-order valence-electron chi connectivity index (χ2n) is 5.31. The van der Waals surface area contributed by atoms with Gasteiger partial charge in [-0.3, -0.25) is 5.10 Å². The predicted octanol–water partition coefficient (Wildman–Crippen LogP) is 2.06. The molecule has 1 fully saturated rings. The third-order valence-corrected chi connectivity index (χ3v) is 4.79. The maximum atomic E-state index is 12.6.